The van der Waals surface area contributed by atoms with Crippen molar-refractivity contribution in [3.8, 4) is 0 Å². The molecule has 0 unspecified atom stereocenters. The molecule has 0 fully saturated rings. The van der Waals surface area contributed by atoms with Crippen LogP contribution in [0.1, 0.15) is 0 Å². The molecule has 0 aliphatic carbocycles. The van der Waals surface area contributed by atoms with Gasteiger partial charge in [-0.1, -0.05) is 0 Å². The van der Waals surface area contributed by atoms with Crippen LogP contribution in [0.25, 0.3) is 0 Å². The minimum absolute atomic E-state index is 0. The van der Waals surface area contributed by atoms with E-state index in [9.17, 15) is 19.2 Å². The predicted molar refractivity (Wildman–Crippen MR) is 92.0 cm³/mol. The third kappa shape index (κ3) is 29.0. The van der Waals surface area contributed by atoms with E-state index in [1.54, 1.807) is 0 Å². The van der Waals surface area contributed by atoms with E-state index < -0.39 is 50.1 Å². The first-order valence-corrected chi connectivity index (χ1v) is 5.52. The molecular formula is C10H20HgN2Na4O8. The van der Waals surface area contributed by atoms with Crippen molar-refractivity contribution >= 4 is 142 Å². The molecule has 0 saturated carbocycles. The predicted octanol–water partition coefficient (Wildman–Crippen LogP) is -4.67. The molecule has 0 aromatic heterocycles. The Hall–Kier alpha value is 2.74. The van der Waals surface area contributed by atoms with Crippen LogP contribution in [0.2, 0.25) is 0 Å². The molecule has 4 N–H and O–H groups in total. The van der Waals surface area contributed by atoms with Crippen LogP contribution in [0.4, 0.5) is 0 Å². The average Bonchev–Trinajstić information content (AvgIpc) is 2.22. The summed E-state index contributed by atoms with van der Waals surface area (Å²) in [5, 5.41) is 34.5. The van der Waals surface area contributed by atoms with E-state index in [2.05, 4.69) is 0 Å². The standard InChI is InChI=1S/C10H16N2O8.Hg.4Na.4H/c13-7(14)3-11(4-8(15)16)1-2-12(5-9(17)18)6-10(19)20;;;;;;;;;/h1-6H2,(H,13,14)(H,15,16)(H,17,18)(H,19,20);;;;;;;;;. The topological polar surface area (TPSA) is 156 Å². The zero-order valence-corrected chi connectivity index (χ0v) is 16.8. The molecule has 0 aromatic rings. The summed E-state index contributed by atoms with van der Waals surface area (Å²) < 4.78 is 0. The van der Waals surface area contributed by atoms with Crippen molar-refractivity contribution in [1.29, 1.82) is 0 Å². The molecule has 0 spiro atoms. The summed E-state index contributed by atoms with van der Waals surface area (Å²) in [4.78, 5) is 44.4. The molecule has 10 nitrogen and oxygen atoms in total. The van der Waals surface area contributed by atoms with Crippen LogP contribution in [0, 0.1) is 0 Å². The molecule has 0 aliphatic heterocycles. The van der Waals surface area contributed by atoms with Crippen molar-refractivity contribution in [2.24, 2.45) is 0 Å². The number of carbonyl (C=O) groups is 4. The van der Waals surface area contributed by atoms with Gasteiger partial charge in [-0.25, -0.2) is 0 Å². The first-order valence-electron chi connectivity index (χ1n) is 5.52. The van der Waals surface area contributed by atoms with Gasteiger partial charge in [0.15, 0.2) is 0 Å². The van der Waals surface area contributed by atoms with Gasteiger partial charge in [0.05, 0.1) is 26.2 Å². The molecule has 15 heteroatoms. The molecule has 0 radical (unpaired) electrons. The number of hydrogen-bond acceptors (Lipinski definition) is 6. The Morgan fingerprint density at radius 1 is 0.520 bits per heavy atom. The molecule has 124 valence electrons. The monoisotopic (exact) mass is 590 g/mol. The second kappa shape index (κ2) is 24.8. The minimum atomic E-state index is -1.23. The van der Waals surface area contributed by atoms with Crippen molar-refractivity contribution in [2.45, 2.75) is 0 Å². The molecule has 0 heterocycles. The SMILES string of the molecule is O=C(O)CN(CCN(CC(=O)O)CC(=O)O)CC(=O)O.[Hg].[NaH].[NaH].[NaH].[NaH]. The van der Waals surface area contributed by atoms with Crippen LogP contribution in [0.15, 0.2) is 0 Å². The van der Waals surface area contributed by atoms with Gasteiger partial charge < -0.3 is 20.4 Å². The van der Waals surface area contributed by atoms with Gasteiger partial charge in [0.25, 0.3) is 0 Å². The van der Waals surface area contributed by atoms with Crippen LogP contribution in [0.3, 0.4) is 0 Å². The summed E-state index contributed by atoms with van der Waals surface area (Å²) in [7, 11) is 0. The van der Waals surface area contributed by atoms with Crippen LogP contribution < -0.4 is 0 Å². The van der Waals surface area contributed by atoms with Gasteiger partial charge in [-0.3, -0.25) is 29.0 Å². The molecular weight excluding hydrogens is 569 g/mol. The molecule has 0 amide bonds. The third-order valence-electron chi connectivity index (χ3n) is 2.17. The molecule has 0 aliphatic rings. The van der Waals surface area contributed by atoms with Gasteiger partial charge >= 0.3 is 142 Å². The molecule has 0 rings (SSSR count). The molecule has 25 heavy (non-hydrogen) atoms. The van der Waals surface area contributed by atoms with Gasteiger partial charge in [0.1, 0.15) is 0 Å². The Bertz CT molecular complexity index is 337. The number of carboxylic acid groups (broad SMARTS) is 4. The summed E-state index contributed by atoms with van der Waals surface area (Å²) in [5.41, 5.74) is 0. The first kappa shape index (κ1) is 42.0. The van der Waals surface area contributed by atoms with Gasteiger partial charge in [-0.05, 0) is 0 Å². The van der Waals surface area contributed by atoms with Gasteiger partial charge in [-0.2, -0.15) is 0 Å². The van der Waals surface area contributed by atoms with Crippen LogP contribution in [0.5, 0.6) is 0 Å². The number of aliphatic carboxylic acids is 4. The van der Waals surface area contributed by atoms with E-state index in [4.69, 9.17) is 20.4 Å². The van der Waals surface area contributed by atoms with Gasteiger partial charge in [0, 0.05) is 40.8 Å². The van der Waals surface area contributed by atoms with Crippen LogP contribution in [-0.4, -0.2) is 212 Å². The fourth-order valence-electron chi connectivity index (χ4n) is 1.48. The fraction of sp³-hybridized carbons (Fsp3) is 0.600. The van der Waals surface area contributed by atoms with E-state index in [0.29, 0.717) is 0 Å². The summed E-state index contributed by atoms with van der Waals surface area (Å²) >= 11 is 0. The second-order valence-corrected chi connectivity index (χ2v) is 4.00. The second-order valence-electron chi connectivity index (χ2n) is 4.00. The third-order valence-corrected chi connectivity index (χ3v) is 2.17. The Morgan fingerprint density at radius 2 is 0.680 bits per heavy atom. The van der Waals surface area contributed by atoms with Crippen molar-refractivity contribution in [1.82, 2.24) is 9.80 Å². The normalized spacial score (nSPS) is 8.56. The van der Waals surface area contributed by atoms with E-state index >= 15 is 0 Å². The fourth-order valence-corrected chi connectivity index (χ4v) is 1.48. The molecule has 0 atom stereocenters. The van der Waals surface area contributed by atoms with Gasteiger partial charge in [-0.15, -0.1) is 0 Å². The zero-order valence-electron chi connectivity index (χ0n) is 11.3. The van der Waals surface area contributed by atoms with E-state index in [1.165, 1.54) is 0 Å². The summed E-state index contributed by atoms with van der Waals surface area (Å²) in [5.74, 6) is -4.91. The summed E-state index contributed by atoms with van der Waals surface area (Å²) in [6.45, 7) is -2.25. The van der Waals surface area contributed by atoms with Crippen LogP contribution in [-0.2, 0) is 46.8 Å². The Morgan fingerprint density at radius 3 is 0.800 bits per heavy atom. The Kier molecular flexibility index (Phi) is 41.6. The van der Waals surface area contributed by atoms with E-state index in [1.807, 2.05) is 0 Å². The molecule has 0 bridgehead atoms. The van der Waals surface area contributed by atoms with E-state index in [0.717, 1.165) is 9.80 Å². The van der Waals surface area contributed by atoms with E-state index in [-0.39, 0.29) is 159 Å². The van der Waals surface area contributed by atoms with Gasteiger partial charge in [0.2, 0.25) is 0 Å². The number of hydrogen-bond donors (Lipinski definition) is 4. The quantitative estimate of drug-likeness (QED) is 0.173. The average molecular weight is 589 g/mol. The van der Waals surface area contributed by atoms with Crippen LogP contribution >= 0.6 is 0 Å². The zero-order chi connectivity index (χ0) is 15.7. The summed E-state index contributed by atoms with van der Waals surface area (Å²) in [6, 6.07) is 0. The van der Waals surface area contributed by atoms with Crippen molar-refractivity contribution in [3.05, 3.63) is 0 Å². The Labute approximate surface area is 254 Å². The molecule has 0 saturated heterocycles. The molecule has 0 aromatic carbocycles. The van der Waals surface area contributed by atoms with Crippen molar-refractivity contribution < 1.29 is 67.3 Å². The number of nitrogens with zero attached hydrogens (tertiary/aromatic N) is 2. The maximum absolute atomic E-state index is 10.6. The first-order chi connectivity index (χ1) is 9.20. The number of carboxylic acids is 4. The van der Waals surface area contributed by atoms with Crippen molar-refractivity contribution in [3.63, 3.8) is 0 Å². The number of rotatable bonds is 11. The maximum atomic E-state index is 10.6. The Balaban J connectivity index is -0.000000180. The summed E-state index contributed by atoms with van der Waals surface area (Å²) in [6.07, 6.45) is 0. The van der Waals surface area contributed by atoms with Crippen molar-refractivity contribution in [2.75, 3.05) is 39.3 Å².